The van der Waals surface area contributed by atoms with Crippen molar-refractivity contribution in [3.05, 3.63) is 12.2 Å². The van der Waals surface area contributed by atoms with Crippen LogP contribution < -0.4 is 5.14 Å². The molecule has 0 aliphatic heterocycles. The first-order valence-corrected chi connectivity index (χ1v) is 6.14. The minimum atomic E-state index is -3.78. The highest BCUT2D eigenvalue weighted by atomic mass is 32.2. The number of nitrogens with two attached hydrogens (primary N) is 1. The predicted molar refractivity (Wildman–Crippen MR) is 56.8 cm³/mol. The number of hydrogen-bond donors (Lipinski definition) is 1. The summed E-state index contributed by atoms with van der Waals surface area (Å²) in [6, 6.07) is 0. The number of rotatable bonds is 6. The molecule has 0 bridgehead atoms. The standard InChI is InChI=1S/C9H19NO3S/c1-8(2)4-5-9(3)6-7-13-14(10,11)12/h4-5,8-9H,6-7H2,1-3H3,(H2,10,11,12)/b5-4+. The van der Waals surface area contributed by atoms with Gasteiger partial charge in [-0.05, 0) is 18.3 Å². The topological polar surface area (TPSA) is 69.4 Å². The number of hydrogen-bond acceptors (Lipinski definition) is 3. The number of allylic oxidation sites excluding steroid dienone is 2. The van der Waals surface area contributed by atoms with Crippen LogP contribution in [0.3, 0.4) is 0 Å². The maximum absolute atomic E-state index is 10.4. The average Bonchev–Trinajstić information content (AvgIpc) is 1.98. The normalized spacial score (nSPS) is 15.2. The Kier molecular flexibility index (Phi) is 5.99. The van der Waals surface area contributed by atoms with Gasteiger partial charge in [0.05, 0.1) is 6.61 Å². The molecule has 0 amide bonds. The highest BCUT2D eigenvalue weighted by molar-refractivity contribution is 7.84. The lowest BCUT2D eigenvalue weighted by atomic mass is 10.1. The van der Waals surface area contributed by atoms with Gasteiger partial charge in [-0.2, -0.15) is 8.42 Å². The van der Waals surface area contributed by atoms with Crippen molar-refractivity contribution < 1.29 is 12.6 Å². The van der Waals surface area contributed by atoms with Crippen molar-refractivity contribution in [2.45, 2.75) is 27.2 Å². The zero-order chi connectivity index (χ0) is 11.2. The van der Waals surface area contributed by atoms with E-state index in [9.17, 15) is 8.42 Å². The van der Waals surface area contributed by atoms with Gasteiger partial charge in [0, 0.05) is 0 Å². The van der Waals surface area contributed by atoms with E-state index in [1.807, 2.05) is 6.92 Å². The highest BCUT2D eigenvalue weighted by Gasteiger charge is 2.03. The summed E-state index contributed by atoms with van der Waals surface area (Å²) in [6.07, 6.45) is 4.79. The van der Waals surface area contributed by atoms with Crippen molar-refractivity contribution in [3.63, 3.8) is 0 Å². The fourth-order valence-corrected chi connectivity index (χ4v) is 1.19. The van der Waals surface area contributed by atoms with E-state index in [-0.39, 0.29) is 6.61 Å². The molecule has 1 unspecified atom stereocenters. The maximum atomic E-state index is 10.4. The Morgan fingerprint density at radius 2 is 1.86 bits per heavy atom. The van der Waals surface area contributed by atoms with Crippen molar-refractivity contribution in [1.29, 1.82) is 0 Å². The molecule has 0 rings (SSSR count). The minimum Gasteiger partial charge on any atom is -0.258 e. The summed E-state index contributed by atoms with van der Waals surface area (Å²) in [7, 11) is -3.78. The molecule has 5 heteroatoms. The third-order valence-corrected chi connectivity index (χ3v) is 2.14. The van der Waals surface area contributed by atoms with Gasteiger partial charge >= 0.3 is 10.3 Å². The Bertz CT molecular complexity index is 270. The van der Waals surface area contributed by atoms with Crippen LogP contribution in [0, 0.1) is 11.8 Å². The van der Waals surface area contributed by atoms with Crippen LogP contribution in [-0.4, -0.2) is 15.0 Å². The van der Waals surface area contributed by atoms with Crippen molar-refractivity contribution in [2.24, 2.45) is 17.0 Å². The van der Waals surface area contributed by atoms with Gasteiger partial charge < -0.3 is 0 Å². The van der Waals surface area contributed by atoms with E-state index < -0.39 is 10.3 Å². The predicted octanol–water partition coefficient (Wildman–Crippen LogP) is 1.44. The van der Waals surface area contributed by atoms with Gasteiger partial charge in [0.15, 0.2) is 0 Å². The summed E-state index contributed by atoms with van der Waals surface area (Å²) in [5.74, 6) is 0.816. The zero-order valence-corrected chi connectivity index (χ0v) is 9.75. The molecular formula is C9H19NO3S. The van der Waals surface area contributed by atoms with Gasteiger partial charge in [0.2, 0.25) is 0 Å². The fraction of sp³-hybridized carbons (Fsp3) is 0.778. The second-order valence-electron chi connectivity index (χ2n) is 3.71. The Hall–Kier alpha value is -0.390. The molecule has 0 fully saturated rings. The molecule has 0 aliphatic carbocycles. The summed E-state index contributed by atoms with van der Waals surface area (Å²) in [6.45, 7) is 6.32. The van der Waals surface area contributed by atoms with E-state index in [0.717, 1.165) is 0 Å². The average molecular weight is 221 g/mol. The van der Waals surface area contributed by atoms with Gasteiger partial charge in [-0.25, -0.2) is 5.14 Å². The van der Waals surface area contributed by atoms with Crippen LogP contribution in [0.1, 0.15) is 27.2 Å². The third kappa shape index (κ3) is 9.70. The van der Waals surface area contributed by atoms with E-state index in [1.165, 1.54) is 0 Å². The van der Waals surface area contributed by atoms with Crippen LogP contribution >= 0.6 is 0 Å². The lowest BCUT2D eigenvalue weighted by molar-refractivity contribution is 0.299. The molecule has 0 saturated heterocycles. The first kappa shape index (κ1) is 13.6. The minimum absolute atomic E-state index is 0.141. The first-order valence-electron chi connectivity index (χ1n) is 4.66. The Balaban J connectivity index is 3.70. The first-order chi connectivity index (χ1) is 6.31. The second kappa shape index (κ2) is 6.16. The second-order valence-corrected chi connectivity index (χ2v) is 4.93. The quantitative estimate of drug-likeness (QED) is 0.690. The van der Waals surface area contributed by atoms with E-state index >= 15 is 0 Å². The van der Waals surface area contributed by atoms with Gasteiger partial charge in [-0.15, -0.1) is 0 Å². The molecule has 4 nitrogen and oxygen atoms in total. The molecule has 84 valence electrons. The molecule has 14 heavy (non-hydrogen) atoms. The Morgan fingerprint density at radius 3 is 2.29 bits per heavy atom. The smallest absolute Gasteiger partial charge is 0.258 e. The summed E-state index contributed by atoms with van der Waals surface area (Å²) < 4.78 is 25.3. The zero-order valence-electron chi connectivity index (χ0n) is 8.93. The monoisotopic (exact) mass is 221 g/mol. The van der Waals surface area contributed by atoms with Crippen molar-refractivity contribution >= 4 is 10.3 Å². The summed E-state index contributed by atoms with van der Waals surface area (Å²) in [5.41, 5.74) is 0. The van der Waals surface area contributed by atoms with E-state index in [2.05, 4.69) is 35.3 Å². The fourth-order valence-electron chi connectivity index (χ4n) is 0.858. The SMILES string of the molecule is CC(C)/C=C/C(C)CCOS(N)(=O)=O. The van der Waals surface area contributed by atoms with Crippen molar-refractivity contribution in [2.75, 3.05) is 6.61 Å². The van der Waals surface area contributed by atoms with Crippen molar-refractivity contribution in [3.8, 4) is 0 Å². The van der Waals surface area contributed by atoms with Crippen molar-refractivity contribution in [1.82, 2.24) is 0 Å². The largest absolute Gasteiger partial charge is 0.333 e. The molecule has 0 aromatic rings. The Morgan fingerprint density at radius 1 is 1.29 bits per heavy atom. The van der Waals surface area contributed by atoms with Crippen LogP contribution in [0.2, 0.25) is 0 Å². The van der Waals surface area contributed by atoms with Crippen LogP contribution in [0.4, 0.5) is 0 Å². The molecule has 0 radical (unpaired) electrons. The molecule has 0 aromatic carbocycles. The van der Waals surface area contributed by atoms with Crippen LogP contribution in [0.15, 0.2) is 12.2 Å². The molecule has 0 aliphatic rings. The molecule has 1 atom stereocenters. The third-order valence-electron chi connectivity index (χ3n) is 1.65. The van der Waals surface area contributed by atoms with Crippen LogP contribution in [0.5, 0.6) is 0 Å². The Labute approximate surface area is 86.4 Å². The highest BCUT2D eigenvalue weighted by Crippen LogP contribution is 2.06. The molecular weight excluding hydrogens is 202 g/mol. The van der Waals surface area contributed by atoms with Crippen LogP contribution in [-0.2, 0) is 14.5 Å². The van der Waals surface area contributed by atoms with E-state index in [0.29, 0.717) is 18.3 Å². The molecule has 0 aromatic heterocycles. The van der Waals surface area contributed by atoms with E-state index in [1.54, 1.807) is 0 Å². The summed E-state index contributed by atoms with van der Waals surface area (Å²) in [5, 5.41) is 4.68. The van der Waals surface area contributed by atoms with E-state index in [4.69, 9.17) is 0 Å². The molecule has 0 heterocycles. The van der Waals surface area contributed by atoms with Crippen LogP contribution in [0.25, 0.3) is 0 Å². The maximum Gasteiger partial charge on any atom is 0.333 e. The lowest BCUT2D eigenvalue weighted by Crippen LogP contribution is -2.17. The lowest BCUT2D eigenvalue weighted by Gasteiger charge is -2.06. The summed E-state index contributed by atoms with van der Waals surface area (Å²) >= 11 is 0. The van der Waals surface area contributed by atoms with Gasteiger partial charge in [-0.3, -0.25) is 4.18 Å². The van der Waals surface area contributed by atoms with Gasteiger partial charge in [0.25, 0.3) is 0 Å². The van der Waals surface area contributed by atoms with Gasteiger partial charge in [-0.1, -0.05) is 32.9 Å². The summed E-state index contributed by atoms with van der Waals surface area (Å²) in [4.78, 5) is 0. The molecule has 2 N–H and O–H groups in total. The molecule has 0 spiro atoms. The molecule has 0 saturated carbocycles. The van der Waals surface area contributed by atoms with Gasteiger partial charge in [0.1, 0.15) is 0 Å².